The third-order valence-corrected chi connectivity index (χ3v) is 2.25. The van der Waals surface area contributed by atoms with E-state index in [2.05, 4.69) is 4.74 Å². The molecule has 1 rings (SSSR count). The zero-order valence-corrected chi connectivity index (χ0v) is 9.32. The van der Waals surface area contributed by atoms with Gasteiger partial charge in [-0.3, -0.25) is 0 Å². The van der Waals surface area contributed by atoms with E-state index >= 15 is 0 Å². The molecule has 0 bridgehead atoms. The van der Waals surface area contributed by atoms with Crippen LogP contribution in [0.25, 0.3) is 0 Å². The molecule has 0 unspecified atom stereocenters. The van der Waals surface area contributed by atoms with Crippen LogP contribution in [0.4, 0.5) is 4.39 Å². The van der Waals surface area contributed by atoms with Crippen molar-refractivity contribution in [1.82, 2.24) is 0 Å². The van der Waals surface area contributed by atoms with Gasteiger partial charge in [-0.15, -0.1) is 0 Å². The highest BCUT2D eigenvalue weighted by atomic mass is 19.1. The summed E-state index contributed by atoms with van der Waals surface area (Å²) in [6.07, 6.45) is 0. The topological polar surface area (TPSA) is 44.8 Å². The smallest absolute Gasteiger partial charge is 0.371 e. The van der Waals surface area contributed by atoms with Crippen LogP contribution in [0.2, 0.25) is 0 Å². The molecular formula is C11H13FO4. The van der Waals surface area contributed by atoms with Gasteiger partial charge in [0.2, 0.25) is 0 Å². The maximum Gasteiger partial charge on any atom is 0.371 e. The number of ether oxygens (including phenoxy) is 3. The van der Waals surface area contributed by atoms with Crippen LogP contribution in [-0.2, 0) is 24.8 Å². The Hall–Kier alpha value is -1.46. The van der Waals surface area contributed by atoms with Crippen molar-refractivity contribution in [2.45, 2.75) is 5.79 Å². The van der Waals surface area contributed by atoms with Gasteiger partial charge in [0.05, 0.1) is 7.11 Å². The van der Waals surface area contributed by atoms with Gasteiger partial charge in [0.25, 0.3) is 5.79 Å². The molecule has 0 aromatic heterocycles. The molecule has 1 aromatic carbocycles. The molecule has 0 saturated carbocycles. The standard InChI is InChI=1S/C11H13FO4/c1-14-10(13)11(15-2,16-3)8-4-6-9(12)7-5-8/h4-7H,1-3H3. The number of methoxy groups -OCH3 is 3. The monoisotopic (exact) mass is 228 g/mol. The van der Waals surface area contributed by atoms with Gasteiger partial charge >= 0.3 is 5.97 Å². The van der Waals surface area contributed by atoms with E-state index < -0.39 is 17.6 Å². The van der Waals surface area contributed by atoms with E-state index in [-0.39, 0.29) is 0 Å². The molecule has 0 aliphatic heterocycles. The summed E-state index contributed by atoms with van der Waals surface area (Å²) in [5.41, 5.74) is 0.366. The van der Waals surface area contributed by atoms with E-state index in [1.165, 1.54) is 45.6 Å². The predicted octanol–water partition coefficient (Wildman–Crippen LogP) is 1.44. The maximum atomic E-state index is 12.8. The second-order valence-electron chi connectivity index (χ2n) is 3.02. The van der Waals surface area contributed by atoms with Gasteiger partial charge in [-0.2, -0.15) is 0 Å². The Morgan fingerprint density at radius 1 is 1.12 bits per heavy atom. The van der Waals surface area contributed by atoms with Crippen molar-refractivity contribution in [3.05, 3.63) is 35.6 Å². The minimum absolute atomic E-state index is 0.366. The first-order valence-electron chi connectivity index (χ1n) is 4.55. The molecule has 0 aliphatic carbocycles. The lowest BCUT2D eigenvalue weighted by Crippen LogP contribution is -2.40. The average molecular weight is 228 g/mol. The van der Waals surface area contributed by atoms with Crippen molar-refractivity contribution in [3.63, 3.8) is 0 Å². The van der Waals surface area contributed by atoms with E-state index in [9.17, 15) is 9.18 Å². The first-order chi connectivity index (χ1) is 7.60. The number of halogens is 1. The molecule has 0 radical (unpaired) electrons. The third-order valence-electron chi connectivity index (χ3n) is 2.25. The molecule has 0 fully saturated rings. The quantitative estimate of drug-likeness (QED) is 0.578. The maximum absolute atomic E-state index is 12.8. The molecule has 0 saturated heterocycles. The third kappa shape index (κ3) is 2.05. The van der Waals surface area contributed by atoms with Crippen LogP contribution >= 0.6 is 0 Å². The van der Waals surface area contributed by atoms with Crippen molar-refractivity contribution in [2.24, 2.45) is 0 Å². The predicted molar refractivity (Wildman–Crippen MR) is 54.1 cm³/mol. The zero-order valence-electron chi connectivity index (χ0n) is 9.32. The van der Waals surface area contributed by atoms with Crippen molar-refractivity contribution in [3.8, 4) is 0 Å². The fourth-order valence-corrected chi connectivity index (χ4v) is 1.41. The van der Waals surface area contributed by atoms with Gasteiger partial charge in [-0.25, -0.2) is 9.18 Å². The molecule has 5 heteroatoms. The molecule has 0 N–H and O–H groups in total. The van der Waals surface area contributed by atoms with Gasteiger partial charge in [-0.05, 0) is 12.1 Å². The molecule has 0 atom stereocenters. The molecule has 0 heterocycles. The van der Waals surface area contributed by atoms with Crippen molar-refractivity contribution in [1.29, 1.82) is 0 Å². The Balaban J connectivity index is 3.20. The molecule has 16 heavy (non-hydrogen) atoms. The Morgan fingerprint density at radius 2 is 1.62 bits per heavy atom. The zero-order chi connectivity index (χ0) is 12.2. The summed E-state index contributed by atoms with van der Waals surface area (Å²) in [5, 5.41) is 0. The summed E-state index contributed by atoms with van der Waals surface area (Å²) >= 11 is 0. The molecule has 88 valence electrons. The lowest BCUT2D eigenvalue weighted by atomic mass is 10.1. The first-order valence-corrected chi connectivity index (χ1v) is 4.55. The van der Waals surface area contributed by atoms with Crippen LogP contribution in [0.5, 0.6) is 0 Å². The van der Waals surface area contributed by atoms with Crippen LogP contribution in [0.3, 0.4) is 0 Å². The van der Waals surface area contributed by atoms with E-state index in [0.717, 1.165) is 0 Å². The van der Waals surface area contributed by atoms with Crippen LogP contribution < -0.4 is 0 Å². The number of hydrogen-bond acceptors (Lipinski definition) is 4. The molecule has 4 nitrogen and oxygen atoms in total. The highest BCUT2D eigenvalue weighted by Gasteiger charge is 2.42. The fraction of sp³-hybridized carbons (Fsp3) is 0.364. The van der Waals surface area contributed by atoms with Gasteiger partial charge in [0.15, 0.2) is 0 Å². The van der Waals surface area contributed by atoms with E-state index in [0.29, 0.717) is 5.56 Å². The molecule has 0 amide bonds. The van der Waals surface area contributed by atoms with E-state index in [1.807, 2.05) is 0 Å². The molecule has 0 spiro atoms. The largest absolute Gasteiger partial charge is 0.465 e. The van der Waals surface area contributed by atoms with E-state index in [4.69, 9.17) is 9.47 Å². The van der Waals surface area contributed by atoms with Gasteiger partial charge in [-0.1, -0.05) is 12.1 Å². The highest BCUT2D eigenvalue weighted by molar-refractivity contribution is 5.79. The van der Waals surface area contributed by atoms with E-state index in [1.54, 1.807) is 0 Å². The fourth-order valence-electron chi connectivity index (χ4n) is 1.41. The van der Waals surface area contributed by atoms with Crippen LogP contribution in [-0.4, -0.2) is 27.3 Å². The minimum Gasteiger partial charge on any atom is -0.465 e. The number of carbonyl (C=O) groups is 1. The number of hydrogen-bond donors (Lipinski definition) is 0. The Labute approximate surface area is 92.9 Å². The summed E-state index contributed by atoms with van der Waals surface area (Å²) in [4.78, 5) is 11.6. The molecule has 1 aromatic rings. The van der Waals surface area contributed by atoms with Crippen LogP contribution in [0, 0.1) is 5.82 Å². The number of benzene rings is 1. The first kappa shape index (κ1) is 12.6. The van der Waals surface area contributed by atoms with Crippen molar-refractivity contribution in [2.75, 3.05) is 21.3 Å². The second-order valence-corrected chi connectivity index (χ2v) is 3.02. The van der Waals surface area contributed by atoms with Gasteiger partial charge in [0, 0.05) is 19.8 Å². The van der Waals surface area contributed by atoms with Gasteiger partial charge in [0.1, 0.15) is 5.82 Å². The number of carbonyl (C=O) groups excluding carboxylic acids is 1. The van der Waals surface area contributed by atoms with Gasteiger partial charge < -0.3 is 14.2 Å². The normalized spacial score (nSPS) is 11.2. The lowest BCUT2D eigenvalue weighted by Gasteiger charge is -2.27. The second kappa shape index (κ2) is 5.05. The summed E-state index contributed by atoms with van der Waals surface area (Å²) in [6, 6.07) is 5.23. The summed E-state index contributed by atoms with van der Waals surface area (Å²) < 4.78 is 27.5. The van der Waals surface area contributed by atoms with Crippen molar-refractivity contribution < 1.29 is 23.4 Å². The minimum atomic E-state index is -1.65. The number of rotatable bonds is 4. The van der Waals surface area contributed by atoms with Crippen LogP contribution in [0.1, 0.15) is 5.56 Å². The Morgan fingerprint density at radius 3 is 2.00 bits per heavy atom. The molecular weight excluding hydrogens is 215 g/mol. The molecule has 0 aliphatic rings. The Bertz CT molecular complexity index is 357. The summed E-state index contributed by atoms with van der Waals surface area (Å²) in [6.45, 7) is 0. The summed E-state index contributed by atoms with van der Waals surface area (Å²) in [5.74, 6) is -2.76. The number of esters is 1. The van der Waals surface area contributed by atoms with Crippen molar-refractivity contribution >= 4 is 5.97 Å². The average Bonchev–Trinajstić information content (AvgIpc) is 2.33. The summed E-state index contributed by atoms with van der Waals surface area (Å²) in [7, 11) is 3.84. The Kier molecular flexibility index (Phi) is 3.98. The van der Waals surface area contributed by atoms with Crippen LogP contribution in [0.15, 0.2) is 24.3 Å². The SMILES string of the molecule is COC(=O)C(OC)(OC)c1ccc(F)cc1. The lowest BCUT2D eigenvalue weighted by molar-refractivity contribution is -0.233. The highest BCUT2D eigenvalue weighted by Crippen LogP contribution is 2.27.